The summed E-state index contributed by atoms with van der Waals surface area (Å²) < 4.78 is 9.32. The molecule has 0 aliphatic carbocycles. The van der Waals surface area contributed by atoms with Gasteiger partial charge in [-0.3, -0.25) is 0 Å². The predicted octanol–water partition coefficient (Wildman–Crippen LogP) is 19.1. The molecule has 0 radical (unpaired) electrons. The lowest BCUT2D eigenvalue weighted by Gasteiger charge is -2.27. The first-order valence-electron chi connectivity index (χ1n) is 24.3. The van der Waals surface area contributed by atoms with E-state index < -0.39 is 0 Å². The highest BCUT2D eigenvalue weighted by Crippen LogP contribution is 2.48. The van der Waals surface area contributed by atoms with Crippen molar-refractivity contribution in [1.82, 2.24) is 4.57 Å². The van der Waals surface area contributed by atoms with Crippen LogP contribution in [0, 0.1) is 0 Å². The highest BCUT2D eigenvalue weighted by molar-refractivity contribution is 6.18. The van der Waals surface area contributed by atoms with Crippen molar-refractivity contribution >= 4 is 82.4 Å². The lowest BCUT2D eigenvalue weighted by molar-refractivity contribution is 0.670. The number of hydrogen-bond donors (Lipinski definition) is 0. The van der Waals surface area contributed by atoms with Gasteiger partial charge in [0.15, 0.2) is 0 Å². The largest absolute Gasteiger partial charge is 0.455 e. The second kappa shape index (κ2) is 16.7. The van der Waals surface area contributed by atoms with Crippen molar-refractivity contribution in [2.45, 2.75) is 0 Å². The van der Waals surface area contributed by atoms with E-state index in [1.165, 1.54) is 71.3 Å². The summed E-state index contributed by atoms with van der Waals surface area (Å²) >= 11 is 0. The zero-order valence-corrected chi connectivity index (χ0v) is 38.7. The topological polar surface area (TPSA) is 21.3 Å². The van der Waals surface area contributed by atoms with Crippen molar-refractivity contribution in [3.63, 3.8) is 0 Å². The molecule has 0 amide bonds. The summed E-state index contributed by atoms with van der Waals surface area (Å²) in [5.41, 5.74) is 17.6. The third-order valence-electron chi connectivity index (χ3n) is 14.4. The lowest BCUT2D eigenvalue weighted by atomic mass is 9.95. The molecule has 2 aromatic heterocycles. The number of nitrogens with zero attached hydrogens (tertiary/aromatic N) is 2. The Bertz CT molecular complexity index is 4340. The summed E-state index contributed by atoms with van der Waals surface area (Å²) in [6.07, 6.45) is 0. The average molecular weight is 905 g/mol. The molecule has 14 aromatic rings. The number of benzene rings is 12. The molecule has 71 heavy (non-hydrogen) atoms. The molecule has 3 nitrogen and oxygen atoms in total. The maximum Gasteiger partial charge on any atom is 0.145 e. The highest BCUT2D eigenvalue weighted by Gasteiger charge is 2.24. The van der Waals surface area contributed by atoms with E-state index in [9.17, 15) is 0 Å². The average Bonchev–Trinajstić information content (AvgIpc) is 4.00. The number of fused-ring (bicyclic) bond motifs is 8. The number of rotatable bonds is 8. The maximum absolute atomic E-state index is 6.87. The Morgan fingerprint density at radius 2 is 0.901 bits per heavy atom. The minimum atomic E-state index is 0.858. The maximum atomic E-state index is 6.87. The number of aromatic nitrogens is 1. The van der Waals surface area contributed by atoms with Crippen molar-refractivity contribution in [1.29, 1.82) is 0 Å². The van der Waals surface area contributed by atoms with E-state index in [1.54, 1.807) is 0 Å². The van der Waals surface area contributed by atoms with Crippen LogP contribution in [0.4, 0.5) is 17.1 Å². The molecule has 0 atom stereocenters. The van der Waals surface area contributed by atoms with Gasteiger partial charge in [-0.2, -0.15) is 0 Å². The van der Waals surface area contributed by atoms with E-state index in [0.29, 0.717) is 0 Å². The summed E-state index contributed by atoms with van der Waals surface area (Å²) in [4.78, 5) is 2.42. The molecule has 0 aliphatic rings. The normalized spacial score (nSPS) is 11.7. The van der Waals surface area contributed by atoms with Crippen LogP contribution >= 0.6 is 0 Å². The number of para-hydroxylation sites is 2. The molecule has 0 unspecified atom stereocenters. The summed E-state index contributed by atoms with van der Waals surface area (Å²) in [6, 6.07) is 96.6. The molecular formula is C68H44N2O. The standard InChI is InChI=1S/C68H44N2O/c1-2-17-48(18-3-1)58-41-42-64(67-60-30-9-11-36-65(60)71-68(58)67)69(52-39-37-45(38-40-52)49-23-12-24-50(43-49)55-31-14-21-46-19-4-6-27-54(46)55)53-26-13-25-51(44-53)57-32-16-35-63-66(57)59-29-8-10-33-62(59)70(63)61-34-15-22-47-20-5-7-28-56(47)61/h1-44H. The number of anilines is 3. The van der Waals surface area contributed by atoms with Gasteiger partial charge in [0.1, 0.15) is 11.2 Å². The summed E-state index contributed by atoms with van der Waals surface area (Å²) in [5.74, 6) is 0. The van der Waals surface area contributed by atoms with Crippen molar-refractivity contribution in [3.05, 3.63) is 267 Å². The lowest BCUT2D eigenvalue weighted by Crippen LogP contribution is -2.10. The highest BCUT2D eigenvalue weighted by atomic mass is 16.3. The summed E-state index contributed by atoms with van der Waals surface area (Å²) in [7, 11) is 0. The molecule has 0 spiro atoms. The smallest absolute Gasteiger partial charge is 0.145 e. The molecule has 3 heteroatoms. The van der Waals surface area contributed by atoms with E-state index >= 15 is 0 Å². The molecule has 0 fully saturated rings. The Morgan fingerprint density at radius 3 is 1.75 bits per heavy atom. The Hall–Kier alpha value is -9.44. The molecular weight excluding hydrogens is 861 g/mol. The fourth-order valence-electron chi connectivity index (χ4n) is 11.2. The van der Waals surface area contributed by atoms with Gasteiger partial charge >= 0.3 is 0 Å². The minimum absolute atomic E-state index is 0.858. The molecule has 14 rings (SSSR count). The SMILES string of the molecule is c1ccc(-c2ccc(N(c3ccc(-c4cccc(-c5cccc6ccccc56)c4)cc3)c3cccc(-c4cccc5c4c4ccccc4n5-c4cccc5ccccc45)c3)c3c2oc2ccccc23)cc1. The number of hydrogen-bond acceptors (Lipinski definition) is 2. The van der Waals surface area contributed by atoms with Crippen LogP contribution < -0.4 is 4.90 Å². The van der Waals surface area contributed by atoms with Crippen LogP contribution in [0.15, 0.2) is 271 Å². The second-order valence-electron chi connectivity index (χ2n) is 18.4. The fraction of sp³-hybridized carbons (Fsp3) is 0. The molecule has 0 saturated carbocycles. The van der Waals surface area contributed by atoms with Crippen LogP contribution in [0.2, 0.25) is 0 Å². The van der Waals surface area contributed by atoms with Gasteiger partial charge in [0.2, 0.25) is 0 Å². The minimum Gasteiger partial charge on any atom is -0.455 e. The quantitative estimate of drug-likeness (QED) is 0.151. The van der Waals surface area contributed by atoms with Gasteiger partial charge in [-0.15, -0.1) is 0 Å². The van der Waals surface area contributed by atoms with Crippen LogP contribution in [0.5, 0.6) is 0 Å². The molecule has 0 saturated heterocycles. The molecule has 0 bridgehead atoms. The van der Waals surface area contributed by atoms with Crippen molar-refractivity contribution in [2.24, 2.45) is 0 Å². The van der Waals surface area contributed by atoms with Gasteiger partial charge in [-0.25, -0.2) is 0 Å². The van der Waals surface area contributed by atoms with Crippen molar-refractivity contribution < 1.29 is 4.42 Å². The van der Waals surface area contributed by atoms with Crippen LogP contribution in [0.3, 0.4) is 0 Å². The van der Waals surface area contributed by atoms with Crippen molar-refractivity contribution in [3.8, 4) is 50.2 Å². The first-order valence-corrected chi connectivity index (χ1v) is 24.3. The first kappa shape index (κ1) is 40.6. The van der Waals surface area contributed by atoms with Gasteiger partial charge in [0.25, 0.3) is 0 Å². The Balaban J connectivity index is 0.959. The zero-order valence-electron chi connectivity index (χ0n) is 38.7. The Labute approximate surface area is 411 Å². The van der Waals surface area contributed by atoms with E-state index in [0.717, 1.165) is 61.3 Å². The van der Waals surface area contributed by atoms with Crippen LogP contribution in [0.1, 0.15) is 0 Å². The van der Waals surface area contributed by atoms with Crippen LogP contribution in [0.25, 0.3) is 115 Å². The molecule has 2 heterocycles. The Morgan fingerprint density at radius 1 is 0.310 bits per heavy atom. The van der Waals surface area contributed by atoms with Gasteiger partial charge in [0.05, 0.1) is 27.8 Å². The van der Waals surface area contributed by atoms with Gasteiger partial charge in [0, 0.05) is 38.5 Å². The number of furan rings is 1. The molecule has 0 aliphatic heterocycles. The van der Waals surface area contributed by atoms with E-state index in [-0.39, 0.29) is 0 Å². The van der Waals surface area contributed by atoms with E-state index in [1.807, 2.05) is 0 Å². The summed E-state index contributed by atoms with van der Waals surface area (Å²) in [6.45, 7) is 0. The van der Waals surface area contributed by atoms with Gasteiger partial charge in [-0.1, -0.05) is 200 Å². The molecule has 332 valence electrons. The monoisotopic (exact) mass is 904 g/mol. The third kappa shape index (κ3) is 6.74. The zero-order chi connectivity index (χ0) is 46.8. The molecule has 12 aromatic carbocycles. The predicted molar refractivity (Wildman–Crippen MR) is 299 cm³/mol. The molecule has 0 N–H and O–H groups in total. The first-order chi connectivity index (χ1) is 35.2. The van der Waals surface area contributed by atoms with Gasteiger partial charge < -0.3 is 13.9 Å². The summed E-state index contributed by atoms with van der Waals surface area (Å²) in [5, 5.41) is 9.53. The Kier molecular flexibility index (Phi) is 9.53. The van der Waals surface area contributed by atoms with Crippen LogP contribution in [-0.4, -0.2) is 4.57 Å². The van der Waals surface area contributed by atoms with E-state index in [4.69, 9.17) is 4.42 Å². The van der Waals surface area contributed by atoms with Crippen molar-refractivity contribution in [2.75, 3.05) is 4.90 Å². The van der Waals surface area contributed by atoms with E-state index in [2.05, 4.69) is 276 Å². The van der Waals surface area contributed by atoms with Gasteiger partial charge in [-0.05, 0) is 122 Å². The van der Waals surface area contributed by atoms with Crippen LogP contribution in [-0.2, 0) is 0 Å². The second-order valence-corrected chi connectivity index (χ2v) is 18.4. The third-order valence-corrected chi connectivity index (χ3v) is 14.4. The fourth-order valence-corrected chi connectivity index (χ4v) is 11.2.